The summed E-state index contributed by atoms with van der Waals surface area (Å²) in [5.74, 6) is -1.29. The lowest BCUT2D eigenvalue weighted by molar-refractivity contribution is -0.384. The van der Waals surface area contributed by atoms with Crippen molar-refractivity contribution in [3.63, 3.8) is 0 Å². The maximum Gasteiger partial charge on any atom is 0.337 e. The highest BCUT2D eigenvalue weighted by atomic mass is 35.5. The number of rotatable bonds is 6. The zero-order valence-corrected chi connectivity index (χ0v) is 14.4. The third kappa shape index (κ3) is 3.84. The largest absolute Gasteiger partial charge is 0.466 e. The van der Waals surface area contributed by atoms with E-state index >= 15 is 0 Å². The van der Waals surface area contributed by atoms with Crippen LogP contribution in [0.1, 0.15) is 0 Å². The fourth-order valence-corrected chi connectivity index (χ4v) is 2.83. The van der Waals surface area contributed by atoms with Crippen LogP contribution in [-0.4, -0.2) is 53.6 Å². The summed E-state index contributed by atoms with van der Waals surface area (Å²) in [6.07, 6.45) is 0. The van der Waals surface area contributed by atoms with Crippen molar-refractivity contribution in [1.29, 1.82) is 0 Å². The number of non-ortho nitro benzene ring substituents is 1. The molecule has 0 saturated carbocycles. The molecule has 9 nitrogen and oxygen atoms in total. The number of nitrogens with zero attached hydrogens (tertiary/aromatic N) is 2. The number of aliphatic hydroxyl groups excluding tert-OH is 1. The molecule has 1 heterocycles. The average molecular weight is 390 g/mol. The molecule has 25 heavy (non-hydrogen) atoms. The Balaban J connectivity index is 2.43. The smallest absolute Gasteiger partial charge is 0.337 e. The second kappa shape index (κ2) is 7.68. The summed E-state index contributed by atoms with van der Waals surface area (Å²) in [5, 5.41) is 22.3. The number of aliphatic hydroxyl groups is 1. The number of esters is 1. The van der Waals surface area contributed by atoms with E-state index in [-0.39, 0.29) is 52.4 Å². The molecule has 1 aromatic rings. The average Bonchev–Trinajstić information content (AvgIpc) is 2.86. The second-order valence-electron chi connectivity index (χ2n) is 4.96. The molecule has 11 heteroatoms. The highest BCUT2D eigenvalue weighted by Gasteiger charge is 2.35. The summed E-state index contributed by atoms with van der Waals surface area (Å²) >= 11 is 12.0. The Morgan fingerprint density at radius 2 is 2.04 bits per heavy atom. The normalized spacial score (nSPS) is 14.1. The van der Waals surface area contributed by atoms with Crippen LogP contribution in [0.5, 0.6) is 0 Å². The number of carbonyl (C=O) groups excluding carboxylic acids is 2. The Kier molecular flexibility index (Phi) is 5.83. The van der Waals surface area contributed by atoms with Crippen LogP contribution in [0.4, 0.5) is 11.4 Å². The van der Waals surface area contributed by atoms with Crippen molar-refractivity contribution in [3.05, 3.63) is 43.6 Å². The third-order valence-corrected chi connectivity index (χ3v) is 4.04. The number of carbonyl (C=O) groups is 2. The van der Waals surface area contributed by atoms with Crippen LogP contribution in [0.15, 0.2) is 23.4 Å². The summed E-state index contributed by atoms with van der Waals surface area (Å²) in [5.41, 5.74) is -0.351. The number of nitro benzene ring substituents is 1. The van der Waals surface area contributed by atoms with Crippen LogP contribution >= 0.6 is 23.2 Å². The number of nitrogens with one attached hydrogen (secondary N) is 1. The minimum absolute atomic E-state index is 0.0201. The number of nitro groups is 1. The van der Waals surface area contributed by atoms with Gasteiger partial charge < -0.3 is 20.1 Å². The molecular formula is C14H13Cl2N3O6. The van der Waals surface area contributed by atoms with Crippen LogP contribution in [0.25, 0.3) is 0 Å². The number of β-amino-alcohol motifs (C(OH)–C–C–N with tert-alkyl or cyclic N) is 1. The highest BCUT2D eigenvalue weighted by Crippen LogP contribution is 2.36. The van der Waals surface area contributed by atoms with Crippen molar-refractivity contribution in [1.82, 2.24) is 4.90 Å². The number of amides is 1. The van der Waals surface area contributed by atoms with E-state index < -0.39 is 16.8 Å². The molecule has 0 fully saturated rings. The standard InChI is InChI=1S/C14H13Cl2N3O6/c1-25-14(22)8-6-18(2-3-20)13(21)11(8)17-12-9(15)4-7(19(23)24)5-10(12)16/h4-5,17,20H,2-3,6H2,1H3. The molecule has 0 radical (unpaired) electrons. The van der Waals surface area contributed by atoms with E-state index in [1.807, 2.05) is 0 Å². The molecule has 0 aliphatic carbocycles. The van der Waals surface area contributed by atoms with Crippen molar-refractivity contribution in [2.75, 3.05) is 32.1 Å². The van der Waals surface area contributed by atoms with Crippen LogP contribution in [0, 0.1) is 10.1 Å². The lowest BCUT2D eigenvalue weighted by Gasteiger charge is -2.15. The van der Waals surface area contributed by atoms with Gasteiger partial charge in [-0.1, -0.05) is 23.2 Å². The molecule has 1 amide bonds. The first-order chi connectivity index (χ1) is 11.8. The molecule has 0 atom stereocenters. The van der Waals surface area contributed by atoms with E-state index in [9.17, 15) is 19.7 Å². The molecule has 0 aromatic heterocycles. The zero-order valence-electron chi connectivity index (χ0n) is 12.9. The van der Waals surface area contributed by atoms with Crippen LogP contribution in [0.3, 0.4) is 0 Å². The summed E-state index contributed by atoms with van der Waals surface area (Å²) in [7, 11) is 1.16. The maximum absolute atomic E-state index is 12.4. The van der Waals surface area contributed by atoms with Crippen molar-refractivity contribution in [2.24, 2.45) is 0 Å². The predicted molar refractivity (Wildman–Crippen MR) is 89.4 cm³/mol. The number of hydrogen-bond acceptors (Lipinski definition) is 7. The van der Waals surface area contributed by atoms with Gasteiger partial charge in [0.25, 0.3) is 11.6 Å². The molecule has 1 aliphatic heterocycles. The quantitative estimate of drug-likeness (QED) is 0.430. The molecule has 2 N–H and O–H groups in total. The third-order valence-electron chi connectivity index (χ3n) is 3.44. The van der Waals surface area contributed by atoms with Crippen molar-refractivity contribution >= 4 is 46.5 Å². The van der Waals surface area contributed by atoms with Gasteiger partial charge in [-0.25, -0.2) is 4.79 Å². The monoisotopic (exact) mass is 389 g/mol. The van der Waals surface area contributed by atoms with Crippen LogP contribution in [0.2, 0.25) is 10.0 Å². The summed E-state index contributed by atoms with van der Waals surface area (Å²) in [6.45, 7) is -0.324. The molecule has 0 unspecified atom stereocenters. The van der Waals surface area contributed by atoms with E-state index in [1.54, 1.807) is 0 Å². The fraction of sp³-hybridized carbons (Fsp3) is 0.286. The summed E-state index contributed by atoms with van der Waals surface area (Å²) in [6, 6.07) is 2.14. The van der Waals surface area contributed by atoms with Crippen LogP contribution < -0.4 is 5.32 Å². The van der Waals surface area contributed by atoms with E-state index in [0.29, 0.717) is 0 Å². The molecule has 0 spiro atoms. The highest BCUT2D eigenvalue weighted by molar-refractivity contribution is 6.39. The molecule has 1 aromatic carbocycles. The van der Waals surface area contributed by atoms with Gasteiger partial charge in [0.2, 0.25) is 0 Å². The topological polar surface area (TPSA) is 122 Å². The predicted octanol–water partition coefficient (Wildman–Crippen LogP) is 1.58. The summed E-state index contributed by atoms with van der Waals surface area (Å²) in [4.78, 5) is 35.7. The first kappa shape index (κ1) is 19.0. The first-order valence-corrected chi connectivity index (χ1v) is 7.67. The first-order valence-electron chi connectivity index (χ1n) is 6.92. The van der Waals surface area contributed by atoms with Gasteiger partial charge in [0.15, 0.2) is 0 Å². The fourth-order valence-electron chi connectivity index (χ4n) is 2.26. The number of benzene rings is 1. The molecule has 2 rings (SSSR count). The molecular weight excluding hydrogens is 377 g/mol. The Labute approximate surface area is 151 Å². The van der Waals surface area contributed by atoms with Gasteiger partial charge >= 0.3 is 5.97 Å². The minimum Gasteiger partial charge on any atom is -0.466 e. The maximum atomic E-state index is 12.4. The van der Waals surface area contributed by atoms with Gasteiger partial charge in [0.05, 0.1) is 46.5 Å². The van der Waals surface area contributed by atoms with Gasteiger partial charge in [-0.2, -0.15) is 0 Å². The van der Waals surface area contributed by atoms with Gasteiger partial charge in [0.1, 0.15) is 5.70 Å². The van der Waals surface area contributed by atoms with E-state index in [0.717, 1.165) is 19.2 Å². The Bertz CT molecular complexity index is 757. The van der Waals surface area contributed by atoms with E-state index in [2.05, 4.69) is 10.1 Å². The van der Waals surface area contributed by atoms with Crippen molar-refractivity contribution < 1.29 is 24.4 Å². The molecule has 134 valence electrons. The van der Waals surface area contributed by atoms with Crippen molar-refractivity contribution in [2.45, 2.75) is 0 Å². The Morgan fingerprint density at radius 1 is 1.44 bits per heavy atom. The van der Waals surface area contributed by atoms with Crippen molar-refractivity contribution in [3.8, 4) is 0 Å². The SMILES string of the molecule is COC(=O)C1=C(Nc2c(Cl)cc([N+](=O)[O-])cc2Cl)C(=O)N(CCO)C1. The number of hydrogen-bond donors (Lipinski definition) is 2. The molecule has 0 bridgehead atoms. The second-order valence-corrected chi connectivity index (χ2v) is 5.78. The van der Waals surface area contributed by atoms with Gasteiger partial charge in [-0.3, -0.25) is 14.9 Å². The Hall–Kier alpha value is -2.36. The number of ether oxygens (including phenoxy) is 1. The van der Waals surface area contributed by atoms with Gasteiger partial charge in [-0.05, 0) is 0 Å². The summed E-state index contributed by atoms with van der Waals surface area (Å²) < 4.78 is 4.65. The lowest BCUT2D eigenvalue weighted by Crippen LogP contribution is -2.31. The van der Waals surface area contributed by atoms with E-state index in [1.165, 1.54) is 4.90 Å². The lowest BCUT2D eigenvalue weighted by atomic mass is 10.2. The minimum atomic E-state index is -0.731. The van der Waals surface area contributed by atoms with Crippen LogP contribution in [-0.2, 0) is 14.3 Å². The zero-order chi connectivity index (χ0) is 18.7. The van der Waals surface area contributed by atoms with Gasteiger partial charge in [-0.15, -0.1) is 0 Å². The van der Waals surface area contributed by atoms with E-state index in [4.69, 9.17) is 28.3 Å². The number of anilines is 1. The van der Waals surface area contributed by atoms with Gasteiger partial charge in [0, 0.05) is 18.7 Å². The molecule has 0 saturated heterocycles. The Morgan fingerprint density at radius 3 is 2.52 bits per heavy atom. The number of methoxy groups -OCH3 is 1. The molecule has 1 aliphatic rings. The number of halogens is 2.